The number of rotatable bonds is 9. The highest BCUT2D eigenvalue weighted by molar-refractivity contribution is 9.10. The van der Waals surface area contributed by atoms with Crippen molar-refractivity contribution in [3.05, 3.63) is 28.7 Å². The lowest BCUT2D eigenvalue weighted by Gasteiger charge is -2.23. The zero-order chi connectivity index (χ0) is 16.6. The Balaban J connectivity index is 2.65. The highest BCUT2D eigenvalue weighted by atomic mass is 79.9. The molecule has 0 saturated carbocycles. The molecule has 0 unspecified atom stereocenters. The van der Waals surface area contributed by atoms with E-state index in [0.717, 1.165) is 25.5 Å². The van der Waals surface area contributed by atoms with E-state index < -0.39 is 10.0 Å². The number of sulfonamides is 1. The molecule has 1 aromatic rings. The summed E-state index contributed by atoms with van der Waals surface area (Å²) >= 11 is 3.35. The normalized spacial score (nSPS) is 11.2. The van der Waals surface area contributed by atoms with Crippen LogP contribution in [0, 0.1) is 0 Å². The molecule has 0 heterocycles. The van der Waals surface area contributed by atoms with E-state index in [2.05, 4.69) is 28.2 Å². The van der Waals surface area contributed by atoms with E-state index in [0.29, 0.717) is 16.7 Å². The van der Waals surface area contributed by atoms with Crippen LogP contribution >= 0.6 is 15.9 Å². The van der Waals surface area contributed by atoms with Crippen LogP contribution in [0.4, 0.5) is 5.69 Å². The summed E-state index contributed by atoms with van der Waals surface area (Å²) in [6, 6.07) is 7.07. The van der Waals surface area contributed by atoms with Crippen LogP contribution in [-0.2, 0) is 14.8 Å². The first-order valence-corrected chi connectivity index (χ1v) is 9.99. The number of hydrogen-bond acceptors (Lipinski definition) is 3. The second-order valence-electron chi connectivity index (χ2n) is 5.09. The molecule has 1 N–H and O–H groups in total. The molecular weight excluding hydrogens is 368 g/mol. The predicted molar refractivity (Wildman–Crippen MR) is 93.5 cm³/mol. The number of carbonyl (C=O) groups excluding carboxylic acids is 1. The van der Waals surface area contributed by atoms with E-state index in [4.69, 9.17) is 0 Å². The predicted octanol–water partition coefficient (Wildman–Crippen LogP) is 2.91. The summed E-state index contributed by atoms with van der Waals surface area (Å²) in [5.41, 5.74) is 0.545. The molecule has 1 aromatic carbocycles. The number of nitrogens with zero attached hydrogens (tertiary/aromatic N) is 1. The van der Waals surface area contributed by atoms with E-state index in [1.165, 1.54) is 4.31 Å². The lowest BCUT2D eigenvalue weighted by Crippen LogP contribution is -2.35. The maximum atomic E-state index is 12.0. The molecule has 5 nitrogen and oxygen atoms in total. The molecule has 1 rings (SSSR count). The Morgan fingerprint density at radius 3 is 2.55 bits per heavy atom. The Hall–Kier alpha value is -1.08. The average molecular weight is 391 g/mol. The van der Waals surface area contributed by atoms with Gasteiger partial charge in [-0.3, -0.25) is 9.10 Å². The van der Waals surface area contributed by atoms with Crippen molar-refractivity contribution >= 4 is 37.5 Å². The molecule has 0 radical (unpaired) electrons. The molecule has 0 atom stereocenters. The number of hydrogen-bond donors (Lipinski definition) is 1. The zero-order valence-corrected chi connectivity index (χ0v) is 15.4. The van der Waals surface area contributed by atoms with Crippen molar-refractivity contribution in [3.8, 4) is 0 Å². The van der Waals surface area contributed by atoms with Gasteiger partial charge < -0.3 is 5.32 Å². The Bertz CT molecular complexity index is 590. The minimum absolute atomic E-state index is 0.126. The summed E-state index contributed by atoms with van der Waals surface area (Å²) in [6.45, 7) is 2.87. The third-order valence-corrected chi connectivity index (χ3v) is 5.02. The van der Waals surface area contributed by atoms with E-state index in [1.807, 2.05) is 6.07 Å². The van der Waals surface area contributed by atoms with Gasteiger partial charge in [0.2, 0.25) is 15.9 Å². The third kappa shape index (κ3) is 6.36. The fraction of sp³-hybridized carbons (Fsp3) is 0.533. The van der Waals surface area contributed by atoms with Gasteiger partial charge >= 0.3 is 0 Å². The maximum Gasteiger partial charge on any atom is 0.232 e. The summed E-state index contributed by atoms with van der Waals surface area (Å²) in [6.07, 6.45) is 4.40. The largest absolute Gasteiger partial charge is 0.356 e. The second-order valence-corrected chi connectivity index (χ2v) is 7.85. The number of unbranched alkanes of at least 4 members (excludes halogenated alkanes) is 2. The molecule has 124 valence electrons. The van der Waals surface area contributed by atoms with Crippen LogP contribution in [0.15, 0.2) is 28.7 Å². The van der Waals surface area contributed by atoms with E-state index >= 15 is 0 Å². The van der Waals surface area contributed by atoms with Crippen LogP contribution in [0.1, 0.15) is 32.6 Å². The molecule has 0 aliphatic rings. The number of amides is 1. The van der Waals surface area contributed by atoms with Crippen LogP contribution < -0.4 is 9.62 Å². The van der Waals surface area contributed by atoms with Gasteiger partial charge in [0.05, 0.1) is 11.9 Å². The lowest BCUT2D eigenvalue weighted by atomic mass is 10.2. The minimum Gasteiger partial charge on any atom is -0.356 e. The Morgan fingerprint density at radius 1 is 1.27 bits per heavy atom. The van der Waals surface area contributed by atoms with Crippen LogP contribution in [0.2, 0.25) is 0 Å². The second kappa shape index (κ2) is 9.15. The van der Waals surface area contributed by atoms with Crippen LogP contribution in [0.5, 0.6) is 0 Å². The van der Waals surface area contributed by atoms with Crippen LogP contribution in [-0.4, -0.2) is 33.7 Å². The molecule has 0 aliphatic heterocycles. The Kier molecular flexibility index (Phi) is 7.89. The van der Waals surface area contributed by atoms with Crippen molar-refractivity contribution in [1.82, 2.24) is 5.32 Å². The van der Waals surface area contributed by atoms with E-state index in [-0.39, 0.29) is 18.9 Å². The third-order valence-electron chi connectivity index (χ3n) is 3.17. The SMILES string of the molecule is CCCCCNC(=O)CCN(c1ccccc1Br)S(C)(=O)=O. The summed E-state index contributed by atoms with van der Waals surface area (Å²) in [5.74, 6) is -0.128. The molecule has 0 fully saturated rings. The highest BCUT2D eigenvalue weighted by Crippen LogP contribution is 2.27. The highest BCUT2D eigenvalue weighted by Gasteiger charge is 2.20. The average Bonchev–Trinajstić information content (AvgIpc) is 2.44. The van der Waals surface area contributed by atoms with E-state index in [9.17, 15) is 13.2 Å². The molecule has 0 bridgehead atoms. The van der Waals surface area contributed by atoms with Gasteiger partial charge in [0.1, 0.15) is 0 Å². The van der Waals surface area contributed by atoms with Crippen molar-refractivity contribution in [2.75, 3.05) is 23.7 Å². The molecular formula is C15H23BrN2O3S. The topological polar surface area (TPSA) is 66.5 Å². The number of benzene rings is 1. The van der Waals surface area contributed by atoms with Crippen molar-refractivity contribution in [3.63, 3.8) is 0 Å². The Labute approximate surface area is 141 Å². The first kappa shape index (κ1) is 19.0. The maximum absolute atomic E-state index is 12.0. The van der Waals surface area contributed by atoms with Gasteiger partial charge in [0.15, 0.2) is 0 Å². The molecule has 1 amide bonds. The number of carbonyl (C=O) groups is 1. The van der Waals surface area contributed by atoms with Gasteiger partial charge in [0.25, 0.3) is 0 Å². The Morgan fingerprint density at radius 2 is 1.95 bits per heavy atom. The molecule has 0 aliphatic carbocycles. The molecule has 7 heteroatoms. The molecule has 0 aromatic heterocycles. The number of nitrogens with one attached hydrogen (secondary N) is 1. The standard InChI is InChI=1S/C15H23BrN2O3S/c1-3-4-7-11-17-15(19)10-12-18(22(2,20)21)14-9-6-5-8-13(14)16/h5-6,8-9H,3-4,7,10-12H2,1-2H3,(H,17,19). The van der Waals surface area contributed by atoms with E-state index in [1.54, 1.807) is 18.2 Å². The zero-order valence-electron chi connectivity index (χ0n) is 13.0. The van der Waals surface area contributed by atoms with Crippen LogP contribution in [0.25, 0.3) is 0 Å². The first-order valence-electron chi connectivity index (χ1n) is 7.35. The fourth-order valence-electron chi connectivity index (χ4n) is 2.01. The smallest absolute Gasteiger partial charge is 0.232 e. The summed E-state index contributed by atoms with van der Waals surface area (Å²) in [5, 5.41) is 2.82. The quantitative estimate of drug-likeness (QED) is 0.659. The fourth-order valence-corrected chi connectivity index (χ4v) is 3.57. The minimum atomic E-state index is -3.44. The number of para-hydroxylation sites is 1. The van der Waals surface area contributed by atoms with Gasteiger partial charge in [-0.1, -0.05) is 31.9 Å². The summed E-state index contributed by atoms with van der Waals surface area (Å²) in [7, 11) is -3.44. The number of anilines is 1. The van der Waals surface area contributed by atoms with Crippen molar-refractivity contribution in [1.29, 1.82) is 0 Å². The molecule has 0 spiro atoms. The van der Waals surface area contributed by atoms with Crippen molar-refractivity contribution in [2.45, 2.75) is 32.6 Å². The van der Waals surface area contributed by atoms with Gasteiger partial charge in [-0.15, -0.1) is 0 Å². The van der Waals surface area contributed by atoms with Crippen LogP contribution in [0.3, 0.4) is 0 Å². The molecule has 22 heavy (non-hydrogen) atoms. The lowest BCUT2D eigenvalue weighted by molar-refractivity contribution is -0.120. The summed E-state index contributed by atoms with van der Waals surface area (Å²) in [4.78, 5) is 11.8. The van der Waals surface area contributed by atoms with Gasteiger partial charge in [0, 0.05) is 24.0 Å². The monoisotopic (exact) mass is 390 g/mol. The van der Waals surface area contributed by atoms with Crippen molar-refractivity contribution < 1.29 is 13.2 Å². The van der Waals surface area contributed by atoms with Gasteiger partial charge in [-0.05, 0) is 34.5 Å². The first-order chi connectivity index (χ1) is 10.4. The number of halogens is 1. The van der Waals surface area contributed by atoms with Gasteiger partial charge in [-0.25, -0.2) is 8.42 Å². The van der Waals surface area contributed by atoms with Crippen molar-refractivity contribution in [2.24, 2.45) is 0 Å². The molecule has 0 saturated heterocycles. The van der Waals surface area contributed by atoms with Gasteiger partial charge in [-0.2, -0.15) is 0 Å². The summed E-state index contributed by atoms with van der Waals surface area (Å²) < 4.78 is 25.9.